The molecule has 2 rings (SSSR count). The van der Waals surface area contributed by atoms with Crippen LogP contribution in [-0.2, 0) is 13.7 Å². The van der Waals surface area contributed by atoms with Crippen molar-refractivity contribution < 1.29 is 14.7 Å². The summed E-state index contributed by atoms with van der Waals surface area (Å²) in [6, 6.07) is 6.52. The molecule has 0 unspecified atom stereocenters. The maximum Gasteiger partial charge on any atom is 0.275 e. The number of carbonyl (C=O) groups is 1. The van der Waals surface area contributed by atoms with Crippen molar-refractivity contribution in [1.29, 1.82) is 0 Å². The largest absolute Gasteiger partial charge is 0.472 e. The van der Waals surface area contributed by atoms with Gasteiger partial charge in [0.2, 0.25) is 5.88 Å². The Morgan fingerprint density at radius 2 is 2.32 bits per heavy atom. The average molecular weight is 282 g/mol. The third kappa shape index (κ3) is 3.04. The van der Waals surface area contributed by atoms with Crippen LogP contribution < -0.4 is 10.2 Å². The number of ether oxygens (including phenoxy) is 1. The van der Waals surface area contributed by atoms with Crippen molar-refractivity contribution in [1.82, 2.24) is 15.3 Å². The highest BCUT2D eigenvalue weighted by Gasteiger charge is 2.14. The van der Waals surface area contributed by atoms with Gasteiger partial charge in [0, 0.05) is 35.5 Å². The number of aryl methyl sites for hydroxylation is 1. The van der Waals surface area contributed by atoms with Gasteiger partial charge in [0.1, 0.15) is 6.61 Å². The second kappa shape index (κ2) is 5.73. The van der Waals surface area contributed by atoms with E-state index in [1.54, 1.807) is 47.7 Å². The van der Waals surface area contributed by atoms with E-state index in [4.69, 9.17) is 21.5 Å². The Labute approximate surface area is 114 Å². The van der Waals surface area contributed by atoms with Gasteiger partial charge in [-0.25, -0.2) is 5.48 Å². The standard InChI is InChI=1S/C12H12ClN3O3/c1-16-6-5-11(14-16)19-7-9-8(12(17)15-18)3-2-4-10(9)13/h2-6,18H,7H2,1H3,(H,15,17). The predicted molar refractivity (Wildman–Crippen MR) is 68.2 cm³/mol. The number of aromatic nitrogens is 2. The molecule has 2 N–H and O–H groups in total. The maximum absolute atomic E-state index is 11.5. The van der Waals surface area contributed by atoms with Gasteiger partial charge in [0.15, 0.2) is 0 Å². The lowest BCUT2D eigenvalue weighted by Gasteiger charge is -2.10. The molecule has 2 aromatic rings. The monoisotopic (exact) mass is 281 g/mol. The fourth-order valence-corrected chi connectivity index (χ4v) is 1.82. The number of hydrogen-bond acceptors (Lipinski definition) is 4. The molecule has 7 heteroatoms. The first-order chi connectivity index (χ1) is 9.11. The van der Waals surface area contributed by atoms with Gasteiger partial charge in [-0.3, -0.25) is 14.7 Å². The topological polar surface area (TPSA) is 76.4 Å². The number of hydrogen-bond donors (Lipinski definition) is 2. The van der Waals surface area contributed by atoms with Crippen LogP contribution in [0.1, 0.15) is 15.9 Å². The van der Waals surface area contributed by atoms with E-state index in [0.29, 0.717) is 16.5 Å². The van der Waals surface area contributed by atoms with E-state index >= 15 is 0 Å². The summed E-state index contributed by atoms with van der Waals surface area (Å²) in [5.74, 6) is -0.208. The van der Waals surface area contributed by atoms with Crippen LogP contribution in [0.15, 0.2) is 30.5 Å². The molecule has 0 bridgehead atoms. The molecular formula is C12H12ClN3O3. The van der Waals surface area contributed by atoms with Crippen molar-refractivity contribution in [2.75, 3.05) is 0 Å². The predicted octanol–water partition coefficient (Wildman–Crippen LogP) is 1.77. The van der Waals surface area contributed by atoms with Gasteiger partial charge in [0.05, 0.1) is 0 Å². The van der Waals surface area contributed by atoms with E-state index < -0.39 is 5.91 Å². The smallest absolute Gasteiger partial charge is 0.275 e. The summed E-state index contributed by atoms with van der Waals surface area (Å²) in [5, 5.41) is 13.1. The third-order valence-corrected chi connectivity index (χ3v) is 2.87. The minimum atomic E-state index is -0.637. The minimum absolute atomic E-state index is 0.0828. The number of hydroxylamine groups is 1. The van der Waals surface area contributed by atoms with E-state index in [1.807, 2.05) is 0 Å². The van der Waals surface area contributed by atoms with E-state index in [9.17, 15) is 4.79 Å². The first-order valence-electron chi connectivity index (χ1n) is 5.46. The zero-order valence-corrected chi connectivity index (χ0v) is 10.9. The normalized spacial score (nSPS) is 10.3. The number of rotatable bonds is 4. The highest BCUT2D eigenvalue weighted by molar-refractivity contribution is 6.31. The molecule has 0 atom stereocenters. The molecule has 100 valence electrons. The van der Waals surface area contributed by atoms with Crippen molar-refractivity contribution in [3.63, 3.8) is 0 Å². The Kier molecular flexibility index (Phi) is 4.03. The van der Waals surface area contributed by atoms with Gasteiger partial charge in [-0.2, -0.15) is 0 Å². The van der Waals surface area contributed by atoms with E-state index in [1.165, 1.54) is 0 Å². The maximum atomic E-state index is 11.5. The molecule has 0 spiro atoms. The molecule has 0 aliphatic rings. The van der Waals surface area contributed by atoms with Gasteiger partial charge >= 0.3 is 0 Å². The Balaban J connectivity index is 2.21. The Hall–Kier alpha value is -2.05. The lowest BCUT2D eigenvalue weighted by molar-refractivity contribution is 0.0703. The molecule has 0 saturated carbocycles. The van der Waals surface area contributed by atoms with Crippen LogP contribution >= 0.6 is 11.6 Å². The van der Waals surface area contributed by atoms with Crippen molar-refractivity contribution in [2.24, 2.45) is 7.05 Å². The number of halogens is 1. The minimum Gasteiger partial charge on any atom is -0.472 e. The third-order valence-electron chi connectivity index (χ3n) is 2.52. The number of benzene rings is 1. The van der Waals surface area contributed by atoms with Crippen LogP contribution in [-0.4, -0.2) is 20.9 Å². The highest BCUT2D eigenvalue weighted by atomic mass is 35.5. The molecule has 0 fully saturated rings. The lowest BCUT2D eigenvalue weighted by atomic mass is 10.1. The molecule has 0 saturated heterocycles. The first-order valence-corrected chi connectivity index (χ1v) is 5.84. The van der Waals surface area contributed by atoms with Crippen molar-refractivity contribution in [3.8, 4) is 5.88 Å². The molecule has 19 heavy (non-hydrogen) atoms. The molecule has 1 heterocycles. The molecule has 0 aliphatic carbocycles. The summed E-state index contributed by atoms with van der Waals surface area (Å²) in [5.41, 5.74) is 2.32. The van der Waals surface area contributed by atoms with Crippen LogP contribution in [0.3, 0.4) is 0 Å². The molecular weight excluding hydrogens is 270 g/mol. The second-order valence-electron chi connectivity index (χ2n) is 3.82. The highest BCUT2D eigenvalue weighted by Crippen LogP contribution is 2.22. The van der Waals surface area contributed by atoms with Gasteiger partial charge in [0.25, 0.3) is 5.91 Å². The summed E-state index contributed by atoms with van der Waals surface area (Å²) < 4.78 is 7.05. The van der Waals surface area contributed by atoms with Crippen molar-refractivity contribution in [2.45, 2.75) is 6.61 Å². The molecule has 0 aliphatic heterocycles. The van der Waals surface area contributed by atoms with Gasteiger partial charge < -0.3 is 4.74 Å². The van der Waals surface area contributed by atoms with E-state index in [0.717, 1.165) is 0 Å². The Morgan fingerprint density at radius 1 is 1.53 bits per heavy atom. The SMILES string of the molecule is Cn1ccc(OCc2c(Cl)cccc2C(=O)NO)n1. The van der Waals surface area contributed by atoms with E-state index in [-0.39, 0.29) is 12.2 Å². The van der Waals surface area contributed by atoms with E-state index in [2.05, 4.69) is 5.10 Å². The summed E-state index contributed by atoms with van der Waals surface area (Å²) in [6.07, 6.45) is 1.74. The zero-order valence-electron chi connectivity index (χ0n) is 10.1. The molecule has 1 aromatic heterocycles. The Bertz CT molecular complexity index is 598. The molecule has 0 radical (unpaired) electrons. The molecule has 1 aromatic carbocycles. The van der Waals surface area contributed by atoms with Crippen LogP contribution in [0, 0.1) is 0 Å². The lowest BCUT2D eigenvalue weighted by Crippen LogP contribution is -2.21. The Morgan fingerprint density at radius 3 is 2.95 bits per heavy atom. The van der Waals surface area contributed by atoms with Crippen LogP contribution in [0.25, 0.3) is 0 Å². The molecule has 1 amide bonds. The summed E-state index contributed by atoms with van der Waals surface area (Å²) in [4.78, 5) is 11.5. The van der Waals surface area contributed by atoms with Crippen LogP contribution in [0.4, 0.5) is 0 Å². The summed E-state index contributed by atoms with van der Waals surface area (Å²) in [6.45, 7) is 0.0828. The summed E-state index contributed by atoms with van der Waals surface area (Å²) in [7, 11) is 1.77. The second-order valence-corrected chi connectivity index (χ2v) is 4.23. The van der Waals surface area contributed by atoms with Gasteiger partial charge in [-0.15, -0.1) is 5.10 Å². The average Bonchev–Trinajstić information content (AvgIpc) is 2.82. The fraction of sp³-hybridized carbons (Fsp3) is 0.167. The number of carbonyl (C=O) groups excluding carboxylic acids is 1. The van der Waals surface area contributed by atoms with Crippen molar-refractivity contribution in [3.05, 3.63) is 46.6 Å². The van der Waals surface area contributed by atoms with Gasteiger partial charge in [-0.1, -0.05) is 17.7 Å². The number of nitrogens with one attached hydrogen (secondary N) is 1. The van der Waals surface area contributed by atoms with Crippen molar-refractivity contribution >= 4 is 17.5 Å². The van der Waals surface area contributed by atoms with Gasteiger partial charge in [-0.05, 0) is 12.1 Å². The number of amides is 1. The zero-order chi connectivity index (χ0) is 13.8. The molecule has 6 nitrogen and oxygen atoms in total. The summed E-state index contributed by atoms with van der Waals surface area (Å²) >= 11 is 6.03. The quantitative estimate of drug-likeness (QED) is 0.661. The first kappa shape index (κ1) is 13.4. The fourth-order valence-electron chi connectivity index (χ4n) is 1.60. The van der Waals surface area contributed by atoms with Crippen LogP contribution in [0.2, 0.25) is 5.02 Å². The van der Waals surface area contributed by atoms with Crippen LogP contribution in [0.5, 0.6) is 5.88 Å². The number of nitrogens with zero attached hydrogens (tertiary/aromatic N) is 2.